The topological polar surface area (TPSA) is 48.9 Å². The molecule has 3 nitrogen and oxygen atoms in total. The normalized spacial score (nSPS) is 45.9. The molecule has 4 aliphatic rings. The number of aliphatic hydroxyl groups is 1. The van der Waals surface area contributed by atoms with Crippen LogP contribution in [-0.4, -0.2) is 21.2 Å². The van der Waals surface area contributed by atoms with Crippen LogP contribution in [0, 0.1) is 28.6 Å². The Labute approximate surface area is 150 Å². The van der Waals surface area contributed by atoms with Gasteiger partial charge in [-0.3, -0.25) is 0 Å². The van der Waals surface area contributed by atoms with Crippen LogP contribution in [-0.2, 0) is 0 Å². The fourth-order valence-corrected chi connectivity index (χ4v) is 6.99. The molecule has 25 heavy (non-hydrogen) atoms. The van der Waals surface area contributed by atoms with Gasteiger partial charge in [0.2, 0.25) is 0 Å². The Hall–Kier alpha value is -1.35. The highest BCUT2D eigenvalue weighted by Gasteiger charge is 2.57. The summed E-state index contributed by atoms with van der Waals surface area (Å²) < 4.78 is 0. The Balaban J connectivity index is 1.48. The van der Waals surface area contributed by atoms with Crippen LogP contribution in [0.3, 0.4) is 0 Å². The van der Waals surface area contributed by atoms with Gasteiger partial charge in [0.1, 0.15) is 5.82 Å². The highest BCUT2D eigenvalue weighted by atomic mass is 16.3. The maximum absolute atomic E-state index is 10.1. The fourth-order valence-electron chi connectivity index (χ4n) is 6.99. The molecule has 6 atom stereocenters. The molecule has 2 saturated carbocycles. The molecule has 0 amide bonds. The van der Waals surface area contributed by atoms with E-state index < -0.39 is 0 Å². The lowest BCUT2D eigenvalue weighted by Gasteiger charge is -2.57. The number of hydrogen-bond donors (Lipinski definition) is 2. The van der Waals surface area contributed by atoms with Crippen molar-refractivity contribution < 1.29 is 5.11 Å². The van der Waals surface area contributed by atoms with Crippen LogP contribution in [0.1, 0.15) is 64.6 Å². The number of aromatic nitrogens is 2. The number of aliphatic hydroxyl groups excluding tert-OH is 1. The molecule has 5 rings (SSSR count). The molecule has 1 heterocycles. The minimum Gasteiger partial charge on any atom is -0.393 e. The van der Waals surface area contributed by atoms with Crippen molar-refractivity contribution in [2.24, 2.45) is 28.6 Å². The van der Waals surface area contributed by atoms with Crippen molar-refractivity contribution in [2.75, 3.05) is 0 Å². The Morgan fingerprint density at radius 2 is 1.92 bits per heavy atom. The third-order valence-corrected chi connectivity index (χ3v) is 8.41. The molecule has 3 heteroatoms. The highest BCUT2D eigenvalue weighted by molar-refractivity contribution is 5.68. The number of nitrogens with zero attached hydrogens (tertiary/aromatic N) is 1. The first-order valence-electron chi connectivity index (χ1n) is 10.1. The lowest BCUT2D eigenvalue weighted by Crippen LogP contribution is -2.49. The summed E-state index contributed by atoms with van der Waals surface area (Å²) >= 11 is 0. The number of hydrogen-bond acceptors (Lipinski definition) is 2. The largest absolute Gasteiger partial charge is 0.393 e. The van der Waals surface area contributed by atoms with E-state index in [1.807, 2.05) is 12.4 Å². The second-order valence-corrected chi connectivity index (χ2v) is 9.40. The van der Waals surface area contributed by atoms with Crippen molar-refractivity contribution in [1.29, 1.82) is 0 Å². The molecule has 4 aliphatic carbocycles. The van der Waals surface area contributed by atoms with E-state index in [-0.39, 0.29) is 11.5 Å². The molecular formula is C22H30N2O. The lowest BCUT2D eigenvalue weighted by molar-refractivity contribution is -0.0239. The van der Waals surface area contributed by atoms with Crippen molar-refractivity contribution in [3.8, 4) is 0 Å². The van der Waals surface area contributed by atoms with E-state index in [0.29, 0.717) is 5.41 Å². The molecule has 0 bridgehead atoms. The van der Waals surface area contributed by atoms with Gasteiger partial charge in [0.15, 0.2) is 0 Å². The van der Waals surface area contributed by atoms with Gasteiger partial charge in [0, 0.05) is 12.4 Å². The summed E-state index contributed by atoms with van der Waals surface area (Å²) in [5.41, 5.74) is 3.62. The number of allylic oxidation sites excluding steroid dienone is 3. The van der Waals surface area contributed by atoms with E-state index in [4.69, 9.17) is 0 Å². The van der Waals surface area contributed by atoms with Crippen molar-refractivity contribution >= 4 is 5.57 Å². The Morgan fingerprint density at radius 3 is 2.72 bits per heavy atom. The van der Waals surface area contributed by atoms with Gasteiger partial charge < -0.3 is 10.1 Å². The van der Waals surface area contributed by atoms with Gasteiger partial charge in [-0.2, -0.15) is 0 Å². The molecule has 0 spiro atoms. The SMILES string of the molecule is C[C@]12CC[C@H](O)CC1=CCC1C2CC[C@]2(C)C(c3ncc[nH]3)=CCC12. The van der Waals surface area contributed by atoms with Gasteiger partial charge in [-0.1, -0.05) is 31.6 Å². The van der Waals surface area contributed by atoms with E-state index in [1.54, 1.807) is 5.57 Å². The molecule has 2 N–H and O–H groups in total. The number of aromatic amines is 1. The Bertz CT molecular complexity index is 733. The zero-order valence-corrected chi connectivity index (χ0v) is 15.5. The maximum atomic E-state index is 10.1. The number of fused-ring (bicyclic) bond motifs is 5. The van der Waals surface area contributed by atoms with Crippen LogP contribution < -0.4 is 0 Å². The molecule has 0 aliphatic heterocycles. The molecular weight excluding hydrogens is 308 g/mol. The van der Waals surface area contributed by atoms with Gasteiger partial charge in [-0.25, -0.2) is 4.98 Å². The molecule has 3 unspecified atom stereocenters. The third-order valence-electron chi connectivity index (χ3n) is 8.41. The smallest absolute Gasteiger partial charge is 0.133 e. The highest BCUT2D eigenvalue weighted by Crippen LogP contribution is 2.66. The summed E-state index contributed by atoms with van der Waals surface area (Å²) in [6.45, 7) is 4.99. The summed E-state index contributed by atoms with van der Waals surface area (Å²) in [5.74, 6) is 3.41. The second kappa shape index (κ2) is 5.33. The quantitative estimate of drug-likeness (QED) is 0.728. The first kappa shape index (κ1) is 15.9. The molecule has 0 radical (unpaired) electrons. The molecule has 134 valence electrons. The zero-order chi connectivity index (χ0) is 17.2. The predicted molar refractivity (Wildman–Crippen MR) is 99.7 cm³/mol. The minimum atomic E-state index is -0.108. The summed E-state index contributed by atoms with van der Waals surface area (Å²) in [5, 5.41) is 10.1. The van der Waals surface area contributed by atoms with Crippen LogP contribution in [0.2, 0.25) is 0 Å². The fraction of sp³-hybridized carbons (Fsp3) is 0.682. The third kappa shape index (κ3) is 2.11. The second-order valence-electron chi connectivity index (χ2n) is 9.40. The van der Waals surface area contributed by atoms with E-state index in [0.717, 1.165) is 36.4 Å². The number of H-pyrrole nitrogens is 1. The van der Waals surface area contributed by atoms with Gasteiger partial charge >= 0.3 is 0 Å². The number of imidazole rings is 1. The average molecular weight is 338 g/mol. The van der Waals surface area contributed by atoms with Crippen molar-refractivity contribution in [3.63, 3.8) is 0 Å². The van der Waals surface area contributed by atoms with E-state index in [1.165, 1.54) is 37.7 Å². The number of rotatable bonds is 1. The lowest BCUT2D eigenvalue weighted by atomic mass is 9.47. The Kier molecular flexibility index (Phi) is 3.38. The van der Waals surface area contributed by atoms with Crippen LogP contribution in [0.25, 0.3) is 5.57 Å². The monoisotopic (exact) mass is 338 g/mol. The summed E-state index contributed by atoms with van der Waals surface area (Å²) in [6.07, 6.45) is 16.8. The molecule has 2 fully saturated rings. The van der Waals surface area contributed by atoms with Crippen LogP contribution in [0.5, 0.6) is 0 Å². The predicted octanol–water partition coefficient (Wildman–Crippen LogP) is 4.73. The van der Waals surface area contributed by atoms with Crippen molar-refractivity contribution in [2.45, 2.75) is 64.9 Å². The van der Waals surface area contributed by atoms with Crippen molar-refractivity contribution in [3.05, 3.63) is 35.9 Å². The summed E-state index contributed by atoms with van der Waals surface area (Å²) in [6, 6.07) is 0. The van der Waals surface area contributed by atoms with Crippen molar-refractivity contribution in [1.82, 2.24) is 9.97 Å². The van der Waals surface area contributed by atoms with Crippen LogP contribution >= 0.6 is 0 Å². The van der Waals surface area contributed by atoms with E-state index in [2.05, 4.69) is 36.0 Å². The molecule has 0 aromatic carbocycles. The van der Waals surface area contributed by atoms with Gasteiger partial charge in [0.25, 0.3) is 0 Å². The minimum absolute atomic E-state index is 0.108. The van der Waals surface area contributed by atoms with Gasteiger partial charge in [0.05, 0.1) is 6.10 Å². The van der Waals surface area contributed by atoms with Crippen LogP contribution in [0.4, 0.5) is 0 Å². The molecule has 0 saturated heterocycles. The average Bonchev–Trinajstić information content (AvgIpc) is 3.22. The van der Waals surface area contributed by atoms with Crippen LogP contribution in [0.15, 0.2) is 30.1 Å². The van der Waals surface area contributed by atoms with Gasteiger partial charge in [-0.15, -0.1) is 0 Å². The first-order valence-corrected chi connectivity index (χ1v) is 10.1. The number of nitrogens with one attached hydrogen (secondary N) is 1. The maximum Gasteiger partial charge on any atom is 0.133 e. The zero-order valence-electron chi connectivity index (χ0n) is 15.5. The van der Waals surface area contributed by atoms with E-state index >= 15 is 0 Å². The standard InChI is InChI=1S/C22H30N2O/c1-21-9-7-15(25)13-14(21)3-4-16-17-5-6-19(20-23-11-12-24-20)22(17,2)10-8-18(16)21/h3,6,11-12,15-18,25H,4-5,7-10,13H2,1-2H3,(H,23,24)/t15-,16?,17?,18?,21-,22-/m0/s1. The Morgan fingerprint density at radius 1 is 1.08 bits per heavy atom. The summed E-state index contributed by atoms with van der Waals surface area (Å²) in [4.78, 5) is 7.91. The van der Waals surface area contributed by atoms with E-state index in [9.17, 15) is 5.11 Å². The molecule has 1 aromatic rings. The first-order chi connectivity index (χ1) is 12.0. The molecule has 1 aromatic heterocycles. The summed E-state index contributed by atoms with van der Waals surface area (Å²) in [7, 11) is 0. The van der Waals surface area contributed by atoms with Gasteiger partial charge in [-0.05, 0) is 79.1 Å².